The zero-order chi connectivity index (χ0) is 14.2. The van der Waals surface area contributed by atoms with E-state index in [4.69, 9.17) is 0 Å². The van der Waals surface area contributed by atoms with E-state index in [1.54, 1.807) is 0 Å². The Bertz CT molecular complexity index is 782. The molecule has 1 saturated carbocycles. The highest BCUT2D eigenvalue weighted by Crippen LogP contribution is 2.52. The summed E-state index contributed by atoms with van der Waals surface area (Å²) in [5.74, 6) is 1.04. The molecule has 0 saturated heterocycles. The van der Waals surface area contributed by atoms with Crippen molar-refractivity contribution < 1.29 is 5.11 Å². The fourth-order valence-corrected chi connectivity index (χ4v) is 4.28. The van der Waals surface area contributed by atoms with E-state index in [2.05, 4.69) is 36.4 Å². The van der Waals surface area contributed by atoms with Crippen molar-refractivity contribution in [3.05, 3.63) is 72.3 Å². The van der Waals surface area contributed by atoms with Gasteiger partial charge in [-0.1, -0.05) is 54.6 Å². The standard InChI is InChI=1S/C19H16OS/c20-17-10-11-18(15-9-5-4-8-14(15)17)21-19-12-16(19)13-6-2-1-3-7-13/h1-11,16,19-20H,12H2. The summed E-state index contributed by atoms with van der Waals surface area (Å²) in [6.07, 6.45) is 1.24. The van der Waals surface area contributed by atoms with Crippen LogP contribution in [0.15, 0.2) is 71.6 Å². The van der Waals surface area contributed by atoms with Crippen molar-refractivity contribution in [2.45, 2.75) is 22.5 Å². The molecule has 1 aliphatic rings. The third kappa shape index (κ3) is 2.40. The van der Waals surface area contributed by atoms with Crippen LogP contribution in [0.25, 0.3) is 10.8 Å². The Labute approximate surface area is 128 Å². The van der Waals surface area contributed by atoms with Gasteiger partial charge >= 0.3 is 0 Å². The smallest absolute Gasteiger partial charge is 0.123 e. The van der Waals surface area contributed by atoms with E-state index in [1.807, 2.05) is 42.1 Å². The SMILES string of the molecule is Oc1ccc(SC2CC2c2ccccc2)c2ccccc12. The zero-order valence-electron chi connectivity index (χ0n) is 11.6. The molecule has 0 spiro atoms. The lowest BCUT2D eigenvalue weighted by Gasteiger charge is -2.08. The van der Waals surface area contributed by atoms with Gasteiger partial charge in [0.25, 0.3) is 0 Å². The Morgan fingerprint density at radius 3 is 2.33 bits per heavy atom. The molecule has 3 aromatic carbocycles. The summed E-state index contributed by atoms with van der Waals surface area (Å²) in [5, 5.41) is 12.7. The number of rotatable bonds is 3. The van der Waals surface area contributed by atoms with E-state index in [1.165, 1.54) is 16.9 Å². The first-order valence-electron chi connectivity index (χ1n) is 7.25. The van der Waals surface area contributed by atoms with E-state index in [0.717, 1.165) is 10.8 Å². The van der Waals surface area contributed by atoms with Crippen LogP contribution in [0.1, 0.15) is 17.9 Å². The van der Waals surface area contributed by atoms with Crippen LogP contribution in [0.3, 0.4) is 0 Å². The van der Waals surface area contributed by atoms with Gasteiger partial charge in [-0.25, -0.2) is 0 Å². The summed E-state index contributed by atoms with van der Waals surface area (Å²) in [6, 6.07) is 22.7. The van der Waals surface area contributed by atoms with E-state index in [0.29, 0.717) is 16.9 Å². The van der Waals surface area contributed by atoms with E-state index in [-0.39, 0.29) is 0 Å². The van der Waals surface area contributed by atoms with Gasteiger partial charge in [0, 0.05) is 15.5 Å². The highest BCUT2D eigenvalue weighted by Gasteiger charge is 2.39. The summed E-state index contributed by atoms with van der Waals surface area (Å²) in [4.78, 5) is 1.27. The monoisotopic (exact) mass is 292 g/mol. The molecule has 0 aliphatic heterocycles. The van der Waals surface area contributed by atoms with E-state index < -0.39 is 0 Å². The van der Waals surface area contributed by atoms with Crippen molar-refractivity contribution in [2.75, 3.05) is 0 Å². The van der Waals surface area contributed by atoms with Crippen LogP contribution in [0.5, 0.6) is 5.75 Å². The van der Waals surface area contributed by atoms with Crippen LogP contribution < -0.4 is 0 Å². The Hall–Kier alpha value is -1.93. The lowest BCUT2D eigenvalue weighted by molar-refractivity contribution is 0.481. The van der Waals surface area contributed by atoms with Gasteiger partial charge in [-0.15, -0.1) is 11.8 Å². The second kappa shape index (κ2) is 5.12. The molecule has 2 atom stereocenters. The molecule has 21 heavy (non-hydrogen) atoms. The number of thioether (sulfide) groups is 1. The molecular weight excluding hydrogens is 276 g/mol. The molecule has 1 aliphatic carbocycles. The van der Waals surface area contributed by atoms with E-state index in [9.17, 15) is 5.11 Å². The lowest BCUT2D eigenvalue weighted by atomic mass is 10.1. The molecule has 0 radical (unpaired) electrons. The topological polar surface area (TPSA) is 20.2 Å². The molecule has 1 fully saturated rings. The minimum absolute atomic E-state index is 0.366. The number of hydrogen-bond donors (Lipinski definition) is 1. The summed E-state index contributed by atoms with van der Waals surface area (Å²) in [6.45, 7) is 0. The van der Waals surface area contributed by atoms with Crippen LogP contribution in [0, 0.1) is 0 Å². The van der Waals surface area contributed by atoms with Gasteiger partial charge in [-0.3, -0.25) is 0 Å². The van der Waals surface area contributed by atoms with Crippen molar-refractivity contribution in [1.29, 1.82) is 0 Å². The fraction of sp³-hybridized carbons (Fsp3) is 0.158. The first-order chi connectivity index (χ1) is 10.3. The number of phenols is 1. The Morgan fingerprint density at radius 2 is 1.52 bits per heavy atom. The molecule has 4 rings (SSSR count). The first-order valence-corrected chi connectivity index (χ1v) is 8.13. The molecule has 2 heteroatoms. The number of aromatic hydroxyl groups is 1. The number of hydrogen-bond acceptors (Lipinski definition) is 2. The van der Waals surface area contributed by atoms with Crippen LogP contribution >= 0.6 is 11.8 Å². The summed E-state index contributed by atoms with van der Waals surface area (Å²) >= 11 is 1.94. The van der Waals surface area contributed by atoms with Crippen molar-refractivity contribution in [3.8, 4) is 5.75 Å². The van der Waals surface area contributed by atoms with Gasteiger partial charge in [-0.05, 0) is 35.4 Å². The molecule has 0 bridgehead atoms. The van der Waals surface area contributed by atoms with Gasteiger partial charge in [0.1, 0.15) is 5.75 Å². The Morgan fingerprint density at radius 1 is 0.810 bits per heavy atom. The normalized spacial score (nSPS) is 20.6. The minimum atomic E-state index is 0.366. The minimum Gasteiger partial charge on any atom is -0.507 e. The maximum atomic E-state index is 9.97. The Kier molecular flexibility index (Phi) is 3.12. The molecule has 1 nitrogen and oxygen atoms in total. The summed E-state index contributed by atoms with van der Waals surface area (Å²) < 4.78 is 0. The number of phenolic OH excluding ortho intramolecular Hbond substituents is 1. The van der Waals surface area contributed by atoms with Crippen molar-refractivity contribution >= 4 is 22.5 Å². The van der Waals surface area contributed by atoms with Gasteiger partial charge < -0.3 is 5.11 Å². The lowest BCUT2D eigenvalue weighted by Crippen LogP contribution is -1.85. The average molecular weight is 292 g/mol. The summed E-state index contributed by atoms with van der Waals surface area (Å²) in [5.41, 5.74) is 1.44. The zero-order valence-corrected chi connectivity index (χ0v) is 12.4. The quantitative estimate of drug-likeness (QED) is 0.716. The molecule has 0 heterocycles. The van der Waals surface area contributed by atoms with Crippen LogP contribution in [-0.2, 0) is 0 Å². The van der Waals surface area contributed by atoms with Crippen molar-refractivity contribution in [3.63, 3.8) is 0 Å². The molecule has 2 unspecified atom stereocenters. The highest BCUT2D eigenvalue weighted by atomic mass is 32.2. The second-order valence-corrected chi connectivity index (χ2v) is 6.82. The maximum Gasteiger partial charge on any atom is 0.123 e. The molecular formula is C19H16OS. The Balaban J connectivity index is 1.61. The van der Waals surface area contributed by atoms with Gasteiger partial charge in [-0.2, -0.15) is 0 Å². The van der Waals surface area contributed by atoms with Crippen LogP contribution in [0.4, 0.5) is 0 Å². The first kappa shape index (κ1) is 12.8. The molecule has 1 N–H and O–H groups in total. The van der Waals surface area contributed by atoms with Gasteiger partial charge in [0.2, 0.25) is 0 Å². The number of benzene rings is 3. The van der Waals surface area contributed by atoms with Crippen LogP contribution in [0.2, 0.25) is 0 Å². The molecule has 3 aromatic rings. The van der Waals surface area contributed by atoms with Crippen molar-refractivity contribution in [1.82, 2.24) is 0 Å². The van der Waals surface area contributed by atoms with Crippen LogP contribution in [-0.4, -0.2) is 10.4 Å². The fourth-order valence-electron chi connectivity index (χ4n) is 2.87. The second-order valence-electron chi connectivity index (χ2n) is 5.54. The molecule has 104 valence electrons. The summed E-state index contributed by atoms with van der Waals surface area (Å²) in [7, 11) is 0. The maximum absolute atomic E-state index is 9.97. The largest absolute Gasteiger partial charge is 0.507 e. The van der Waals surface area contributed by atoms with Gasteiger partial charge in [0.15, 0.2) is 0 Å². The highest BCUT2D eigenvalue weighted by molar-refractivity contribution is 8.00. The van der Waals surface area contributed by atoms with E-state index >= 15 is 0 Å². The average Bonchev–Trinajstić information content (AvgIpc) is 3.31. The molecule has 0 amide bonds. The predicted molar refractivity (Wildman–Crippen MR) is 89.1 cm³/mol. The third-order valence-electron chi connectivity index (χ3n) is 4.10. The van der Waals surface area contributed by atoms with Crippen molar-refractivity contribution in [2.24, 2.45) is 0 Å². The third-order valence-corrected chi connectivity index (χ3v) is 5.53. The number of fused-ring (bicyclic) bond motifs is 1. The molecule has 0 aromatic heterocycles. The van der Waals surface area contributed by atoms with Gasteiger partial charge in [0.05, 0.1) is 0 Å². The predicted octanol–water partition coefficient (Wildman–Crippen LogP) is 5.19.